The molecule has 0 aliphatic rings. The Kier molecular flexibility index (Phi) is 5.49. The topological polar surface area (TPSA) is 51.6 Å². The van der Waals surface area contributed by atoms with Crippen LogP contribution in [-0.4, -0.2) is 31.4 Å². The zero-order chi connectivity index (χ0) is 12.8. The van der Waals surface area contributed by atoms with E-state index < -0.39 is 0 Å². The fourth-order valence-corrected chi connectivity index (χ4v) is 3.05. The summed E-state index contributed by atoms with van der Waals surface area (Å²) in [5, 5.41) is 2.27. The van der Waals surface area contributed by atoms with E-state index >= 15 is 0 Å². The molecule has 2 aromatic rings. The molecule has 0 bridgehead atoms. The Morgan fingerprint density at radius 1 is 0.833 bits per heavy atom. The first-order valence-electron chi connectivity index (χ1n) is 4.97. The van der Waals surface area contributed by atoms with E-state index in [9.17, 15) is 0 Å². The van der Waals surface area contributed by atoms with Gasteiger partial charge in [0.25, 0.3) is 0 Å². The molecule has 0 unspecified atom stereocenters. The quantitative estimate of drug-likeness (QED) is 0.364. The summed E-state index contributed by atoms with van der Waals surface area (Å²) in [7, 11) is 0. The summed E-state index contributed by atoms with van der Waals surface area (Å²) in [6, 6.07) is 3.31. The van der Waals surface area contributed by atoms with Crippen molar-refractivity contribution in [2.45, 2.75) is 10.3 Å². The van der Waals surface area contributed by atoms with Crippen molar-refractivity contribution in [3.8, 4) is 0 Å². The lowest BCUT2D eigenvalue weighted by Gasteiger charge is -2.00. The summed E-state index contributed by atoms with van der Waals surface area (Å²) < 4.78 is 0. The summed E-state index contributed by atoms with van der Waals surface area (Å²) in [6.07, 6.45) is 3.29. The minimum atomic E-state index is 0.457. The average molecular weight is 319 g/mol. The maximum atomic E-state index is 5.77. The molecule has 0 spiro atoms. The Morgan fingerprint density at radius 2 is 1.28 bits per heavy atom. The van der Waals surface area contributed by atoms with Crippen LogP contribution in [0.15, 0.2) is 34.8 Å². The molecule has 2 rings (SSSR count). The van der Waals surface area contributed by atoms with Gasteiger partial charge in [0, 0.05) is 23.9 Å². The van der Waals surface area contributed by atoms with Gasteiger partial charge in [0.1, 0.15) is 10.3 Å². The fraction of sp³-hybridized carbons (Fsp3) is 0.200. The van der Waals surface area contributed by atoms with Gasteiger partial charge in [-0.2, -0.15) is 0 Å². The summed E-state index contributed by atoms with van der Waals surface area (Å²) in [5.41, 5.74) is 0. The van der Waals surface area contributed by atoms with E-state index in [0.29, 0.717) is 20.6 Å². The predicted molar refractivity (Wildman–Crippen MR) is 75.5 cm³/mol. The van der Waals surface area contributed by atoms with Crippen LogP contribution in [0.5, 0.6) is 0 Å². The van der Waals surface area contributed by atoms with Gasteiger partial charge in [0.15, 0.2) is 10.3 Å². The zero-order valence-electron chi connectivity index (χ0n) is 9.08. The second-order valence-electron chi connectivity index (χ2n) is 3.02. The van der Waals surface area contributed by atoms with Gasteiger partial charge in [-0.3, -0.25) is 0 Å². The first kappa shape index (κ1) is 13.9. The van der Waals surface area contributed by atoms with Crippen LogP contribution < -0.4 is 0 Å². The molecule has 8 heteroatoms. The smallest absolute Gasteiger partial charge is 0.188 e. The van der Waals surface area contributed by atoms with Crippen molar-refractivity contribution in [2.24, 2.45) is 0 Å². The summed E-state index contributed by atoms with van der Waals surface area (Å²) in [6.45, 7) is 0. The molecule has 0 aliphatic carbocycles. The third-order valence-electron chi connectivity index (χ3n) is 1.74. The molecule has 0 fully saturated rings. The van der Waals surface area contributed by atoms with Crippen LogP contribution >= 0.6 is 46.7 Å². The molecule has 2 heterocycles. The number of nitrogens with zero attached hydrogens (tertiary/aromatic N) is 4. The van der Waals surface area contributed by atoms with E-state index in [1.165, 1.54) is 0 Å². The third-order valence-corrected chi connectivity index (χ3v) is 4.15. The van der Waals surface area contributed by atoms with Crippen molar-refractivity contribution in [3.63, 3.8) is 0 Å². The molecule has 0 N–H and O–H groups in total. The normalized spacial score (nSPS) is 10.6. The van der Waals surface area contributed by atoms with Gasteiger partial charge in [-0.15, -0.1) is 0 Å². The molecule has 0 amide bonds. The maximum Gasteiger partial charge on any atom is 0.188 e. The van der Waals surface area contributed by atoms with Gasteiger partial charge in [0.05, 0.1) is 0 Å². The Balaban J connectivity index is 1.76. The number of rotatable bonds is 5. The predicted octanol–water partition coefficient (Wildman–Crippen LogP) is 3.46. The molecule has 0 saturated carbocycles. The number of aromatic nitrogens is 4. The van der Waals surface area contributed by atoms with Crippen molar-refractivity contribution in [2.75, 3.05) is 11.5 Å². The highest BCUT2D eigenvalue weighted by atomic mass is 35.5. The molecular formula is C10H8Cl2N4S2. The van der Waals surface area contributed by atoms with Crippen LogP contribution in [-0.2, 0) is 0 Å². The Bertz CT molecular complexity index is 479. The highest BCUT2D eigenvalue weighted by molar-refractivity contribution is 8.02. The number of thioether (sulfide) groups is 2. The van der Waals surface area contributed by atoms with Crippen LogP contribution in [0.4, 0.5) is 0 Å². The van der Waals surface area contributed by atoms with E-state index in [2.05, 4.69) is 19.9 Å². The van der Waals surface area contributed by atoms with Crippen molar-refractivity contribution in [3.05, 3.63) is 34.8 Å². The fourth-order valence-electron chi connectivity index (χ4n) is 1.05. The van der Waals surface area contributed by atoms with Crippen LogP contribution in [0, 0.1) is 0 Å². The van der Waals surface area contributed by atoms with Crippen LogP contribution in [0.1, 0.15) is 0 Å². The molecule has 18 heavy (non-hydrogen) atoms. The molecule has 0 aliphatic heterocycles. The Hall–Kier alpha value is -0.560. The number of halogens is 2. The lowest BCUT2D eigenvalue weighted by Crippen LogP contribution is -1.92. The molecule has 0 saturated heterocycles. The average Bonchev–Trinajstić information content (AvgIpc) is 2.35. The Labute approximate surface area is 123 Å². The molecule has 0 radical (unpaired) electrons. The second-order valence-corrected chi connectivity index (χ2v) is 5.92. The van der Waals surface area contributed by atoms with Gasteiger partial charge in [-0.1, -0.05) is 46.7 Å². The summed E-state index contributed by atoms with van der Waals surface area (Å²) >= 11 is 14.6. The first-order valence-corrected chi connectivity index (χ1v) is 7.69. The highest BCUT2D eigenvalue weighted by Crippen LogP contribution is 2.19. The van der Waals surface area contributed by atoms with Gasteiger partial charge >= 0.3 is 0 Å². The van der Waals surface area contributed by atoms with Crippen molar-refractivity contribution in [1.29, 1.82) is 0 Å². The Morgan fingerprint density at radius 3 is 1.67 bits per heavy atom. The monoisotopic (exact) mass is 318 g/mol. The SMILES string of the molecule is Clc1ccnc(SCCSc2nccc(Cl)n2)n1. The minimum absolute atomic E-state index is 0.457. The maximum absolute atomic E-state index is 5.77. The van der Waals surface area contributed by atoms with Gasteiger partial charge < -0.3 is 0 Å². The van der Waals surface area contributed by atoms with Gasteiger partial charge in [-0.05, 0) is 12.1 Å². The van der Waals surface area contributed by atoms with Gasteiger partial charge in [-0.25, -0.2) is 19.9 Å². The standard InChI is InChI=1S/C10H8Cl2N4S2/c11-7-1-3-13-9(15-7)17-5-6-18-10-14-4-2-8(12)16-10/h1-4H,5-6H2. The summed E-state index contributed by atoms with van der Waals surface area (Å²) in [4.78, 5) is 16.4. The zero-order valence-corrected chi connectivity index (χ0v) is 12.2. The van der Waals surface area contributed by atoms with E-state index in [-0.39, 0.29) is 0 Å². The van der Waals surface area contributed by atoms with E-state index in [0.717, 1.165) is 11.5 Å². The molecule has 2 aromatic heterocycles. The molecule has 4 nitrogen and oxygen atoms in total. The second kappa shape index (κ2) is 7.13. The number of hydrogen-bond acceptors (Lipinski definition) is 6. The van der Waals surface area contributed by atoms with Crippen LogP contribution in [0.2, 0.25) is 10.3 Å². The molecule has 94 valence electrons. The lowest BCUT2D eigenvalue weighted by atomic mass is 10.7. The van der Waals surface area contributed by atoms with Crippen LogP contribution in [0.3, 0.4) is 0 Å². The lowest BCUT2D eigenvalue weighted by molar-refractivity contribution is 0.964. The first-order chi connectivity index (χ1) is 8.74. The largest absolute Gasteiger partial charge is 0.231 e. The van der Waals surface area contributed by atoms with Crippen LogP contribution in [0.25, 0.3) is 0 Å². The van der Waals surface area contributed by atoms with Crippen molar-refractivity contribution < 1.29 is 0 Å². The number of hydrogen-bond donors (Lipinski definition) is 0. The summed E-state index contributed by atoms with van der Waals surface area (Å²) in [5.74, 6) is 1.70. The highest BCUT2D eigenvalue weighted by Gasteiger charge is 2.01. The molecule has 0 atom stereocenters. The molecular weight excluding hydrogens is 311 g/mol. The molecule has 0 aromatic carbocycles. The van der Waals surface area contributed by atoms with E-state index in [1.807, 2.05) is 0 Å². The van der Waals surface area contributed by atoms with E-state index in [1.54, 1.807) is 48.1 Å². The van der Waals surface area contributed by atoms with Crippen molar-refractivity contribution in [1.82, 2.24) is 19.9 Å². The minimum Gasteiger partial charge on any atom is -0.231 e. The van der Waals surface area contributed by atoms with Crippen molar-refractivity contribution >= 4 is 46.7 Å². The van der Waals surface area contributed by atoms with E-state index in [4.69, 9.17) is 23.2 Å². The van der Waals surface area contributed by atoms with Gasteiger partial charge in [0.2, 0.25) is 0 Å². The third kappa shape index (κ3) is 4.61.